The zero-order valence-corrected chi connectivity index (χ0v) is 10.9. The lowest BCUT2D eigenvalue weighted by atomic mass is 9.57. The van der Waals surface area contributed by atoms with E-state index in [-0.39, 0.29) is 6.04 Å². The third-order valence-corrected chi connectivity index (χ3v) is 5.35. The lowest BCUT2D eigenvalue weighted by molar-refractivity contribution is -0.129. The van der Waals surface area contributed by atoms with Gasteiger partial charge in [-0.05, 0) is 37.5 Å². The topological polar surface area (TPSA) is 32.3 Å². The highest BCUT2D eigenvalue weighted by atomic mass is 16.2. The first-order valence-corrected chi connectivity index (χ1v) is 7.22. The number of carbonyl (C=O) groups is 1. The van der Waals surface area contributed by atoms with E-state index in [0.717, 1.165) is 13.0 Å². The summed E-state index contributed by atoms with van der Waals surface area (Å²) in [7, 11) is 1.92. The number of carbonyl (C=O) groups excluding carboxylic acids is 1. The average Bonchev–Trinajstić information content (AvgIpc) is 2.67. The lowest BCUT2D eigenvalue weighted by Gasteiger charge is -2.53. The molecule has 2 aliphatic carbocycles. The molecule has 2 atom stereocenters. The van der Waals surface area contributed by atoms with Gasteiger partial charge in [-0.15, -0.1) is 0 Å². The van der Waals surface area contributed by atoms with Crippen LogP contribution in [-0.2, 0) is 4.79 Å². The quantitative estimate of drug-likeness (QED) is 0.794. The summed E-state index contributed by atoms with van der Waals surface area (Å²) < 4.78 is 0. The number of amides is 1. The van der Waals surface area contributed by atoms with Gasteiger partial charge in [0.25, 0.3) is 0 Å². The molecular weight excluding hydrogens is 212 g/mol. The molecule has 3 rings (SSSR count). The van der Waals surface area contributed by atoms with Crippen molar-refractivity contribution in [3.8, 4) is 0 Å². The van der Waals surface area contributed by atoms with Crippen LogP contribution in [0.15, 0.2) is 0 Å². The lowest BCUT2D eigenvalue weighted by Crippen LogP contribution is -2.58. The summed E-state index contributed by atoms with van der Waals surface area (Å²) in [5, 5.41) is 3.66. The van der Waals surface area contributed by atoms with Crippen LogP contribution in [0.2, 0.25) is 0 Å². The smallest absolute Gasteiger partial charge is 0.239 e. The molecule has 96 valence electrons. The first-order valence-electron chi connectivity index (χ1n) is 7.22. The van der Waals surface area contributed by atoms with Crippen molar-refractivity contribution in [3.05, 3.63) is 0 Å². The molecule has 0 aromatic rings. The standard InChI is InChI=1S/C14H24N2O/c1-16-10-6-11(13(16)17)15-12-5-9-14(12)7-3-2-4-8-14/h11-12,15H,2-10H2,1H3. The number of likely N-dealkylation sites (N-methyl/N-ethyl adjacent to an activating group) is 1. The number of likely N-dealkylation sites (tertiary alicyclic amines) is 1. The van der Waals surface area contributed by atoms with E-state index in [1.54, 1.807) is 0 Å². The monoisotopic (exact) mass is 236 g/mol. The Morgan fingerprint density at radius 1 is 1.18 bits per heavy atom. The van der Waals surface area contributed by atoms with Gasteiger partial charge in [-0.3, -0.25) is 4.79 Å². The van der Waals surface area contributed by atoms with Gasteiger partial charge in [-0.25, -0.2) is 0 Å². The van der Waals surface area contributed by atoms with Crippen molar-refractivity contribution in [1.29, 1.82) is 0 Å². The van der Waals surface area contributed by atoms with Gasteiger partial charge in [0.1, 0.15) is 0 Å². The third kappa shape index (κ3) is 1.88. The summed E-state index contributed by atoms with van der Waals surface area (Å²) in [4.78, 5) is 13.8. The van der Waals surface area contributed by atoms with E-state index in [4.69, 9.17) is 0 Å². The molecule has 0 radical (unpaired) electrons. The second-order valence-electron chi connectivity index (χ2n) is 6.28. The Morgan fingerprint density at radius 2 is 1.94 bits per heavy atom. The summed E-state index contributed by atoms with van der Waals surface area (Å²) in [6, 6.07) is 0.743. The van der Waals surface area contributed by atoms with E-state index < -0.39 is 0 Å². The maximum Gasteiger partial charge on any atom is 0.239 e. The SMILES string of the molecule is CN1CCC(NC2CCC23CCCCC3)C1=O. The predicted octanol–water partition coefficient (Wildman–Crippen LogP) is 1.92. The van der Waals surface area contributed by atoms with E-state index in [0.29, 0.717) is 17.4 Å². The highest BCUT2D eigenvalue weighted by molar-refractivity contribution is 5.83. The first-order chi connectivity index (χ1) is 8.21. The highest BCUT2D eigenvalue weighted by Gasteiger charge is 2.48. The molecule has 0 bridgehead atoms. The zero-order chi connectivity index (χ0) is 11.9. The predicted molar refractivity (Wildman–Crippen MR) is 67.7 cm³/mol. The maximum absolute atomic E-state index is 11.9. The fourth-order valence-electron chi connectivity index (χ4n) is 4.03. The fourth-order valence-corrected chi connectivity index (χ4v) is 4.03. The highest BCUT2D eigenvalue weighted by Crippen LogP contribution is 2.51. The Balaban J connectivity index is 1.60. The van der Waals surface area contributed by atoms with Gasteiger partial charge in [-0.1, -0.05) is 19.3 Å². The number of nitrogens with one attached hydrogen (secondary N) is 1. The number of nitrogens with zero attached hydrogens (tertiary/aromatic N) is 1. The van der Waals surface area contributed by atoms with Crippen molar-refractivity contribution in [2.75, 3.05) is 13.6 Å². The zero-order valence-electron chi connectivity index (χ0n) is 10.9. The molecule has 1 N–H and O–H groups in total. The van der Waals surface area contributed by atoms with Crippen molar-refractivity contribution in [1.82, 2.24) is 10.2 Å². The molecule has 1 amide bonds. The van der Waals surface area contributed by atoms with E-state index in [9.17, 15) is 4.79 Å². The van der Waals surface area contributed by atoms with E-state index in [2.05, 4.69) is 5.32 Å². The molecular formula is C14H24N2O. The van der Waals surface area contributed by atoms with Crippen LogP contribution in [0.25, 0.3) is 0 Å². The molecule has 0 aromatic carbocycles. The van der Waals surface area contributed by atoms with Crippen LogP contribution in [0.3, 0.4) is 0 Å². The van der Waals surface area contributed by atoms with Crippen LogP contribution < -0.4 is 5.32 Å². The first kappa shape index (κ1) is 11.5. The molecule has 1 spiro atoms. The number of hydrogen-bond donors (Lipinski definition) is 1. The van der Waals surface area contributed by atoms with Crippen LogP contribution >= 0.6 is 0 Å². The Kier molecular flexibility index (Phi) is 2.89. The Morgan fingerprint density at radius 3 is 2.47 bits per heavy atom. The summed E-state index contributed by atoms with van der Waals surface area (Å²) in [5.74, 6) is 0.308. The van der Waals surface area contributed by atoms with Crippen molar-refractivity contribution in [2.45, 2.75) is 63.5 Å². The van der Waals surface area contributed by atoms with E-state index in [1.165, 1.54) is 44.9 Å². The van der Waals surface area contributed by atoms with E-state index in [1.807, 2.05) is 11.9 Å². The maximum atomic E-state index is 11.9. The Hall–Kier alpha value is -0.570. The molecule has 0 aromatic heterocycles. The van der Waals surface area contributed by atoms with E-state index >= 15 is 0 Å². The molecule has 3 aliphatic rings. The van der Waals surface area contributed by atoms with Gasteiger partial charge < -0.3 is 10.2 Å². The van der Waals surface area contributed by atoms with Crippen LogP contribution in [0.5, 0.6) is 0 Å². The van der Waals surface area contributed by atoms with Gasteiger partial charge in [-0.2, -0.15) is 0 Å². The molecule has 3 fully saturated rings. The summed E-state index contributed by atoms with van der Waals surface area (Å²) in [6.07, 6.45) is 10.7. The minimum atomic E-state index is 0.115. The van der Waals surface area contributed by atoms with Gasteiger partial charge >= 0.3 is 0 Å². The molecule has 2 saturated carbocycles. The van der Waals surface area contributed by atoms with Crippen LogP contribution in [0.1, 0.15) is 51.4 Å². The van der Waals surface area contributed by atoms with Crippen molar-refractivity contribution in [3.63, 3.8) is 0 Å². The minimum Gasteiger partial charge on any atom is -0.344 e. The third-order valence-electron chi connectivity index (χ3n) is 5.35. The average molecular weight is 236 g/mol. The fraction of sp³-hybridized carbons (Fsp3) is 0.929. The van der Waals surface area contributed by atoms with Crippen LogP contribution in [-0.4, -0.2) is 36.5 Å². The summed E-state index contributed by atoms with van der Waals surface area (Å²) in [5.41, 5.74) is 0.569. The molecule has 1 saturated heterocycles. The normalized spacial score (nSPS) is 36.3. The largest absolute Gasteiger partial charge is 0.344 e. The molecule has 17 heavy (non-hydrogen) atoms. The van der Waals surface area contributed by atoms with Crippen LogP contribution in [0, 0.1) is 5.41 Å². The molecule has 1 heterocycles. The Labute approximate surface area is 104 Å². The summed E-state index contributed by atoms with van der Waals surface area (Å²) >= 11 is 0. The molecule has 3 nitrogen and oxygen atoms in total. The molecule has 2 unspecified atom stereocenters. The second kappa shape index (κ2) is 4.27. The van der Waals surface area contributed by atoms with Crippen molar-refractivity contribution in [2.24, 2.45) is 5.41 Å². The minimum absolute atomic E-state index is 0.115. The number of hydrogen-bond acceptors (Lipinski definition) is 2. The second-order valence-corrected chi connectivity index (χ2v) is 6.28. The van der Waals surface area contributed by atoms with Crippen LogP contribution in [0.4, 0.5) is 0 Å². The summed E-state index contributed by atoms with van der Waals surface area (Å²) in [6.45, 7) is 0.927. The number of rotatable bonds is 2. The molecule has 3 heteroatoms. The van der Waals surface area contributed by atoms with Gasteiger partial charge in [0.2, 0.25) is 5.91 Å². The van der Waals surface area contributed by atoms with Gasteiger partial charge in [0.15, 0.2) is 0 Å². The van der Waals surface area contributed by atoms with Crippen molar-refractivity contribution >= 4 is 5.91 Å². The van der Waals surface area contributed by atoms with Gasteiger partial charge in [0, 0.05) is 19.6 Å². The van der Waals surface area contributed by atoms with Crippen molar-refractivity contribution < 1.29 is 4.79 Å². The Bertz CT molecular complexity index is 309. The molecule has 1 aliphatic heterocycles. The van der Waals surface area contributed by atoms with Gasteiger partial charge in [0.05, 0.1) is 6.04 Å².